The van der Waals surface area contributed by atoms with E-state index in [1.54, 1.807) is 0 Å². The van der Waals surface area contributed by atoms with Crippen molar-refractivity contribution in [3.63, 3.8) is 0 Å². The van der Waals surface area contributed by atoms with Crippen LogP contribution in [0.3, 0.4) is 0 Å². The van der Waals surface area contributed by atoms with Crippen LogP contribution in [-0.4, -0.2) is 10.8 Å². The van der Waals surface area contributed by atoms with Gasteiger partial charge in [0.25, 0.3) is 0 Å². The van der Waals surface area contributed by atoms with Crippen LogP contribution in [0.4, 0.5) is 11.4 Å². The van der Waals surface area contributed by atoms with Crippen LogP contribution in [0.1, 0.15) is 5.56 Å². The second-order valence-corrected chi connectivity index (χ2v) is 14.6. The van der Waals surface area contributed by atoms with Gasteiger partial charge in [-0.05, 0) is 59.7 Å². The zero-order valence-electron chi connectivity index (χ0n) is 26.1. The summed E-state index contributed by atoms with van der Waals surface area (Å²) < 4.78 is 17.4. The predicted octanol–water partition coefficient (Wildman–Crippen LogP) is 9.83. The topological polar surface area (TPSA) is 57.9 Å². The SMILES string of the molecule is N=Cc1c(Nc2ccccc2)ccc2c3cc(-c4cccc(P(=O)(c5ccccc5)c5ccccc5)c4)ccc3n(-c3ccccc3)c12. The summed E-state index contributed by atoms with van der Waals surface area (Å²) in [5, 5.41) is 16.7. The molecule has 48 heavy (non-hydrogen) atoms. The number of benzene rings is 7. The van der Waals surface area contributed by atoms with Gasteiger partial charge in [-0.1, -0.05) is 127 Å². The van der Waals surface area contributed by atoms with Crippen molar-refractivity contribution in [3.8, 4) is 16.8 Å². The molecule has 1 heterocycles. The summed E-state index contributed by atoms with van der Waals surface area (Å²) in [6, 6.07) is 58.9. The van der Waals surface area contributed by atoms with Crippen LogP contribution in [0, 0.1) is 5.41 Å². The van der Waals surface area contributed by atoms with Crippen LogP contribution in [0.15, 0.2) is 176 Å². The highest BCUT2D eigenvalue weighted by atomic mass is 31.2. The number of fused-ring (bicyclic) bond motifs is 3. The Morgan fingerprint density at radius 3 is 1.77 bits per heavy atom. The number of nitrogens with zero attached hydrogens (tertiary/aromatic N) is 1. The van der Waals surface area contributed by atoms with Gasteiger partial charge in [0.15, 0.2) is 7.14 Å². The standard InChI is InChI=1S/C43H32N3OP/c44-30-40-41(45-33-15-5-1-6-16-33)26-25-38-39-29-32(24-27-42(39)46(43(38)40)34-17-7-2-8-18-34)31-14-13-23-37(28-31)48(47,35-19-9-3-10-20-35)36-21-11-4-12-22-36/h1-30,44-45H. The van der Waals surface area contributed by atoms with E-state index in [0.717, 1.165) is 71.5 Å². The van der Waals surface area contributed by atoms with Crippen LogP contribution in [0.25, 0.3) is 38.6 Å². The van der Waals surface area contributed by atoms with E-state index in [2.05, 4.69) is 64.5 Å². The van der Waals surface area contributed by atoms with Crippen molar-refractivity contribution < 1.29 is 4.57 Å². The zero-order chi connectivity index (χ0) is 32.5. The van der Waals surface area contributed by atoms with E-state index < -0.39 is 7.14 Å². The van der Waals surface area contributed by atoms with Gasteiger partial charge in [-0.2, -0.15) is 0 Å². The molecule has 0 aliphatic heterocycles. The van der Waals surface area contributed by atoms with Gasteiger partial charge in [0.1, 0.15) is 0 Å². The van der Waals surface area contributed by atoms with Crippen LogP contribution in [0.2, 0.25) is 0 Å². The summed E-state index contributed by atoms with van der Waals surface area (Å²) in [7, 11) is -3.13. The van der Waals surface area contributed by atoms with Crippen molar-refractivity contribution in [2.75, 3.05) is 5.32 Å². The first kappa shape index (κ1) is 29.4. The van der Waals surface area contributed by atoms with Crippen molar-refractivity contribution in [1.82, 2.24) is 4.57 Å². The first-order valence-corrected chi connectivity index (χ1v) is 17.7. The minimum absolute atomic E-state index is 0.798. The summed E-state index contributed by atoms with van der Waals surface area (Å²) >= 11 is 0. The molecule has 0 aliphatic carbocycles. The van der Waals surface area contributed by atoms with Gasteiger partial charge in [-0.25, -0.2) is 0 Å². The lowest BCUT2D eigenvalue weighted by atomic mass is 10.0. The molecule has 0 saturated heterocycles. The van der Waals surface area contributed by atoms with Crippen molar-refractivity contribution in [3.05, 3.63) is 181 Å². The summed E-state index contributed by atoms with van der Waals surface area (Å²) in [6.45, 7) is 0. The lowest BCUT2D eigenvalue weighted by molar-refractivity contribution is 0.592. The van der Waals surface area contributed by atoms with Gasteiger partial charge >= 0.3 is 0 Å². The van der Waals surface area contributed by atoms with Gasteiger partial charge in [0.2, 0.25) is 0 Å². The first-order chi connectivity index (χ1) is 23.6. The highest BCUT2D eigenvalue weighted by Crippen LogP contribution is 2.44. The Bertz CT molecular complexity index is 2410. The van der Waals surface area contributed by atoms with E-state index in [1.807, 2.05) is 121 Å². The Kier molecular flexibility index (Phi) is 7.57. The highest BCUT2D eigenvalue weighted by Gasteiger charge is 2.30. The molecule has 0 amide bonds. The second kappa shape index (κ2) is 12.3. The Morgan fingerprint density at radius 1 is 0.542 bits per heavy atom. The molecule has 8 aromatic rings. The fourth-order valence-corrected chi connectivity index (χ4v) is 9.39. The van der Waals surface area contributed by atoms with E-state index in [0.29, 0.717) is 0 Å². The summed E-state index contributed by atoms with van der Waals surface area (Å²) in [5.41, 5.74) is 7.72. The average Bonchev–Trinajstić information content (AvgIpc) is 3.49. The van der Waals surface area contributed by atoms with E-state index >= 15 is 4.57 Å². The van der Waals surface area contributed by atoms with Gasteiger partial charge in [-0.15, -0.1) is 0 Å². The molecule has 0 unspecified atom stereocenters. The maximum absolute atomic E-state index is 15.2. The van der Waals surface area contributed by atoms with Crippen molar-refractivity contribution in [1.29, 1.82) is 5.41 Å². The molecule has 230 valence electrons. The molecule has 7 aromatic carbocycles. The van der Waals surface area contributed by atoms with E-state index in [9.17, 15) is 0 Å². The first-order valence-electron chi connectivity index (χ1n) is 16.0. The maximum atomic E-state index is 15.2. The van der Waals surface area contributed by atoms with Crippen molar-refractivity contribution in [2.24, 2.45) is 0 Å². The molecule has 0 atom stereocenters. The molecule has 5 heteroatoms. The average molecular weight is 638 g/mol. The van der Waals surface area contributed by atoms with E-state index in [4.69, 9.17) is 5.41 Å². The van der Waals surface area contributed by atoms with Gasteiger partial charge in [-0.3, -0.25) is 0 Å². The molecule has 0 spiro atoms. The molecule has 0 saturated carbocycles. The number of aromatic nitrogens is 1. The smallest absolute Gasteiger partial charge is 0.171 e. The molecule has 0 bridgehead atoms. The fraction of sp³-hybridized carbons (Fsp3) is 0. The molecule has 0 aliphatic rings. The Hall–Kier alpha value is -5.96. The number of hydrogen-bond acceptors (Lipinski definition) is 3. The summed E-state index contributed by atoms with van der Waals surface area (Å²) in [6.07, 6.45) is 1.45. The minimum atomic E-state index is -3.13. The fourth-order valence-electron chi connectivity index (χ4n) is 6.69. The van der Waals surface area contributed by atoms with Gasteiger partial charge in [0, 0.05) is 55.5 Å². The third-order valence-electron chi connectivity index (χ3n) is 8.96. The van der Waals surface area contributed by atoms with Crippen LogP contribution in [-0.2, 0) is 4.57 Å². The summed E-state index contributed by atoms with van der Waals surface area (Å²) in [4.78, 5) is 0. The van der Waals surface area contributed by atoms with E-state index in [1.165, 1.54) is 6.21 Å². The molecule has 8 rings (SSSR count). The lowest BCUT2D eigenvalue weighted by Gasteiger charge is -2.20. The second-order valence-electron chi connectivity index (χ2n) is 11.8. The molecule has 2 N–H and O–H groups in total. The quantitative estimate of drug-likeness (QED) is 0.129. The molecule has 0 radical (unpaired) electrons. The van der Waals surface area contributed by atoms with E-state index in [-0.39, 0.29) is 0 Å². The van der Waals surface area contributed by atoms with Crippen molar-refractivity contribution >= 4 is 62.5 Å². The molecule has 0 fully saturated rings. The Morgan fingerprint density at radius 2 is 1.12 bits per heavy atom. The Labute approximate surface area is 279 Å². The predicted molar refractivity (Wildman–Crippen MR) is 203 cm³/mol. The highest BCUT2D eigenvalue weighted by molar-refractivity contribution is 7.85. The van der Waals surface area contributed by atoms with Gasteiger partial charge in [0.05, 0.1) is 11.0 Å². The largest absolute Gasteiger partial charge is 0.355 e. The number of para-hydroxylation sites is 2. The van der Waals surface area contributed by atoms with Gasteiger partial charge < -0.3 is 19.9 Å². The lowest BCUT2D eigenvalue weighted by Crippen LogP contribution is -2.25. The van der Waals surface area contributed by atoms with Crippen LogP contribution >= 0.6 is 7.14 Å². The number of hydrogen-bond donors (Lipinski definition) is 2. The molecular weight excluding hydrogens is 605 g/mol. The monoisotopic (exact) mass is 637 g/mol. The van der Waals surface area contributed by atoms with Crippen molar-refractivity contribution in [2.45, 2.75) is 0 Å². The number of nitrogens with one attached hydrogen (secondary N) is 2. The summed E-state index contributed by atoms with van der Waals surface area (Å²) in [5.74, 6) is 0. The maximum Gasteiger partial charge on any atom is 0.171 e. The van der Waals surface area contributed by atoms with Crippen LogP contribution < -0.4 is 21.2 Å². The third-order valence-corrected chi connectivity index (χ3v) is 12.0. The van der Waals surface area contributed by atoms with Crippen LogP contribution in [0.5, 0.6) is 0 Å². The Balaban J connectivity index is 1.32. The molecule has 4 nitrogen and oxygen atoms in total. The number of anilines is 2. The zero-order valence-corrected chi connectivity index (χ0v) is 27.0. The molecule has 1 aromatic heterocycles. The third kappa shape index (κ3) is 5.04. The number of rotatable bonds is 8. The minimum Gasteiger partial charge on any atom is -0.355 e. The normalized spacial score (nSPS) is 11.5. The molecular formula is C43H32N3OP.